The second-order valence-electron chi connectivity index (χ2n) is 7.56. The molecule has 0 bridgehead atoms. The molecule has 0 aliphatic heterocycles. The molecule has 10 nitrogen and oxygen atoms in total. The number of amides is 1. The molecule has 182 valence electrons. The van der Waals surface area contributed by atoms with Gasteiger partial charge < -0.3 is 5.32 Å². The number of nitrogens with one attached hydrogen (secondary N) is 1. The molecular weight excluding hydrogens is 482 g/mol. The van der Waals surface area contributed by atoms with Gasteiger partial charge in [-0.05, 0) is 11.3 Å². The van der Waals surface area contributed by atoms with Crippen LogP contribution in [0.2, 0.25) is 0 Å². The maximum absolute atomic E-state index is 13.9. The van der Waals surface area contributed by atoms with E-state index in [4.69, 9.17) is 0 Å². The number of hydrogen-bond donors (Lipinski definition) is 1. The highest BCUT2D eigenvalue weighted by atomic mass is 19.2. The minimum Gasteiger partial charge on any atom is -0.318 e. The standard InChI is InChI=1S/C22H15F4N9O/c23-16-8-17(24)20(26)19(25)15(16)11-34-10-14(9-27-34)28-22(36)18-6-7-33(30-18)12-35-31-21(29-32-35)13-4-2-1-3-5-13/h1-10H,11-12H2,(H,28,36). The first-order chi connectivity index (χ1) is 17.4. The van der Waals surface area contributed by atoms with E-state index in [9.17, 15) is 22.4 Å². The average Bonchev–Trinajstić information content (AvgIpc) is 3.63. The summed E-state index contributed by atoms with van der Waals surface area (Å²) in [5, 5.41) is 22.9. The number of anilines is 1. The summed E-state index contributed by atoms with van der Waals surface area (Å²) in [6.45, 7) is -0.411. The lowest BCUT2D eigenvalue weighted by atomic mass is 10.2. The molecule has 0 atom stereocenters. The third kappa shape index (κ3) is 4.68. The van der Waals surface area contributed by atoms with Crippen molar-refractivity contribution < 1.29 is 22.4 Å². The molecule has 3 aromatic heterocycles. The molecule has 14 heteroatoms. The van der Waals surface area contributed by atoms with E-state index in [0.29, 0.717) is 5.82 Å². The Labute approximate surface area is 199 Å². The van der Waals surface area contributed by atoms with Gasteiger partial charge in [-0.1, -0.05) is 30.3 Å². The van der Waals surface area contributed by atoms with Crippen molar-refractivity contribution in [3.63, 3.8) is 0 Å². The summed E-state index contributed by atoms with van der Waals surface area (Å²) in [5.41, 5.74) is 0.373. The normalized spacial score (nSPS) is 11.1. The average molecular weight is 497 g/mol. The first-order valence-corrected chi connectivity index (χ1v) is 10.4. The highest BCUT2D eigenvalue weighted by molar-refractivity contribution is 6.02. The fourth-order valence-corrected chi connectivity index (χ4v) is 3.32. The molecule has 0 aliphatic carbocycles. The van der Waals surface area contributed by atoms with Crippen molar-refractivity contribution in [2.24, 2.45) is 0 Å². The van der Waals surface area contributed by atoms with Crippen LogP contribution in [-0.4, -0.2) is 45.7 Å². The van der Waals surface area contributed by atoms with E-state index < -0.39 is 41.3 Å². The number of nitrogens with zero attached hydrogens (tertiary/aromatic N) is 8. The van der Waals surface area contributed by atoms with Gasteiger partial charge >= 0.3 is 0 Å². The fraction of sp³-hybridized carbons (Fsp3) is 0.0909. The van der Waals surface area contributed by atoms with Gasteiger partial charge in [0.2, 0.25) is 5.82 Å². The van der Waals surface area contributed by atoms with Gasteiger partial charge in [-0.3, -0.25) is 9.48 Å². The molecule has 0 aliphatic rings. The molecule has 0 spiro atoms. The Bertz CT molecular complexity index is 1540. The summed E-state index contributed by atoms with van der Waals surface area (Å²) >= 11 is 0. The molecule has 0 saturated carbocycles. The van der Waals surface area contributed by atoms with Crippen LogP contribution in [0.5, 0.6) is 0 Å². The van der Waals surface area contributed by atoms with Crippen molar-refractivity contribution in [3.8, 4) is 11.4 Å². The van der Waals surface area contributed by atoms with Gasteiger partial charge in [-0.2, -0.15) is 10.2 Å². The smallest absolute Gasteiger partial charge is 0.276 e. The maximum Gasteiger partial charge on any atom is 0.276 e. The van der Waals surface area contributed by atoms with Crippen molar-refractivity contribution >= 4 is 11.6 Å². The predicted molar refractivity (Wildman–Crippen MR) is 116 cm³/mol. The van der Waals surface area contributed by atoms with Crippen LogP contribution in [0, 0.1) is 23.3 Å². The minimum atomic E-state index is -1.78. The highest BCUT2D eigenvalue weighted by Gasteiger charge is 2.20. The number of carbonyl (C=O) groups excluding carboxylic acids is 1. The van der Waals surface area contributed by atoms with Gasteiger partial charge in [0.05, 0.1) is 18.4 Å². The quantitative estimate of drug-likeness (QED) is 0.210. The summed E-state index contributed by atoms with van der Waals surface area (Å²) in [7, 11) is 0. The van der Waals surface area contributed by atoms with E-state index in [0.717, 1.165) is 10.2 Å². The Morgan fingerprint density at radius 2 is 1.75 bits per heavy atom. The first kappa shape index (κ1) is 22.9. The van der Waals surface area contributed by atoms with E-state index >= 15 is 0 Å². The summed E-state index contributed by atoms with van der Waals surface area (Å²) in [6, 6.07) is 11.0. The Balaban J connectivity index is 1.22. The molecule has 0 saturated heterocycles. The zero-order valence-electron chi connectivity index (χ0n) is 18.2. The van der Waals surface area contributed by atoms with Gasteiger partial charge in [0.15, 0.2) is 29.8 Å². The Kier molecular flexibility index (Phi) is 5.98. The van der Waals surface area contributed by atoms with Crippen LogP contribution in [0.1, 0.15) is 16.1 Å². The molecule has 0 unspecified atom stereocenters. The van der Waals surface area contributed by atoms with Crippen LogP contribution in [0.4, 0.5) is 23.2 Å². The topological polar surface area (TPSA) is 108 Å². The van der Waals surface area contributed by atoms with E-state index in [1.54, 1.807) is 6.20 Å². The van der Waals surface area contributed by atoms with Crippen molar-refractivity contribution in [3.05, 3.63) is 95.6 Å². The third-order valence-corrected chi connectivity index (χ3v) is 5.05. The molecule has 2 aromatic carbocycles. The summed E-state index contributed by atoms with van der Waals surface area (Å²) in [6.07, 6.45) is 4.06. The Morgan fingerprint density at radius 1 is 0.944 bits per heavy atom. The van der Waals surface area contributed by atoms with Crippen LogP contribution in [0.25, 0.3) is 11.4 Å². The number of benzene rings is 2. The van der Waals surface area contributed by atoms with Crippen LogP contribution in [0.3, 0.4) is 0 Å². The Morgan fingerprint density at radius 3 is 2.56 bits per heavy atom. The SMILES string of the molecule is O=C(Nc1cnn(Cc2c(F)cc(F)c(F)c2F)c1)c1ccn(Cn2nnc(-c3ccccc3)n2)n1. The van der Waals surface area contributed by atoms with Crippen LogP contribution in [0.15, 0.2) is 61.1 Å². The monoisotopic (exact) mass is 497 g/mol. The van der Waals surface area contributed by atoms with Gasteiger partial charge in [0.25, 0.3) is 5.91 Å². The number of halogens is 4. The molecule has 0 radical (unpaired) electrons. The van der Waals surface area contributed by atoms with Crippen molar-refractivity contribution in [1.82, 2.24) is 39.8 Å². The number of carbonyl (C=O) groups is 1. The summed E-state index contributed by atoms with van der Waals surface area (Å²) < 4.78 is 56.8. The molecule has 5 aromatic rings. The van der Waals surface area contributed by atoms with Gasteiger partial charge in [0, 0.05) is 29.6 Å². The lowest BCUT2D eigenvalue weighted by Crippen LogP contribution is -2.15. The summed E-state index contributed by atoms with van der Waals surface area (Å²) in [4.78, 5) is 13.9. The maximum atomic E-state index is 13.9. The zero-order chi connectivity index (χ0) is 25.2. The van der Waals surface area contributed by atoms with E-state index in [1.807, 2.05) is 30.3 Å². The largest absolute Gasteiger partial charge is 0.318 e. The Hall–Kier alpha value is -4.88. The molecule has 5 rings (SSSR count). The minimum absolute atomic E-state index is 0.0730. The molecule has 1 amide bonds. The second kappa shape index (κ2) is 9.40. The van der Waals surface area contributed by atoms with Crippen LogP contribution < -0.4 is 5.32 Å². The fourth-order valence-electron chi connectivity index (χ4n) is 3.32. The van der Waals surface area contributed by atoms with E-state index in [-0.39, 0.29) is 24.1 Å². The van der Waals surface area contributed by atoms with E-state index in [2.05, 4.69) is 30.9 Å². The van der Waals surface area contributed by atoms with Gasteiger partial charge in [-0.15, -0.1) is 15.0 Å². The lowest BCUT2D eigenvalue weighted by Gasteiger charge is -2.06. The molecule has 1 N–H and O–H groups in total. The summed E-state index contributed by atoms with van der Waals surface area (Å²) in [5.74, 6) is -6.43. The predicted octanol–water partition coefficient (Wildman–Crippen LogP) is 3.10. The third-order valence-electron chi connectivity index (χ3n) is 5.05. The number of aromatic nitrogens is 8. The van der Waals surface area contributed by atoms with Gasteiger partial charge in [0.1, 0.15) is 5.82 Å². The number of tetrazole rings is 1. The number of hydrogen-bond acceptors (Lipinski definition) is 6. The van der Waals surface area contributed by atoms with Crippen LogP contribution in [-0.2, 0) is 13.2 Å². The lowest BCUT2D eigenvalue weighted by molar-refractivity contribution is 0.102. The van der Waals surface area contributed by atoms with Gasteiger partial charge in [-0.25, -0.2) is 22.2 Å². The molecule has 3 heterocycles. The van der Waals surface area contributed by atoms with Crippen LogP contribution >= 0.6 is 0 Å². The molecular formula is C22H15F4N9O. The van der Waals surface area contributed by atoms with Crippen molar-refractivity contribution in [2.45, 2.75) is 13.2 Å². The second-order valence-corrected chi connectivity index (χ2v) is 7.56. The first-order valence-electron chi connectivity index (χ1n) is 10.4. The number of rotatable bonds is 7. The van der Waals surface area contributed by atoms with Crippen molar-refractivity contribution in [2.75, 3.05) is 5.32 Å². The highest BCUT2D eigenvalue weighted by Crippen LogP contribution is 2.20. The molecule has 0 fully saturated rings. The van der Waals surface area contributed by atoms with E-state index in [1.165, 1.54) is 27.9 Å². The molecule has 36 heavy (non-hydrogen) atoms. The van der Waals surface area contributed by atoms with Crippen molar-refractivity contribution in [1.29, 1.82) is 0 Å². The zero-order valence-corrected chi connectivity index (χ0v) is 18.2.